The topological polar surface area (TPSA) is 76.1 Å². The molecule has 0 aromatic heterocycles. The number of carbonyl (C=O) groups is 2. The van der Waals surface area contributed by atoms with Crippen molar-refractivity contribution in [3.8, 4) is 11.5 Å². The minimum Gasteiger partial charge on any atom is -0.507 e. The fraction of sp³-hybridized carbons (Fsp3) is 0.214. The van der Waals surface area contributed by atoms with Gasteiger partial charge in [-0.05, 0) is 68.8 Å². The van der Waals surface area contributed by atoms with E-state index in [0.29, 0.717) is 34.4 Å². The van der Waals surface area contributed by atoms with Gasteiger partial charge < -0.3 is 14.6 Å². The number of Topliss-reactive ketones (excluding diaryl/α,β-unsaturated/α-hetero) is 1. The second-order valence-electron chi connectivity index (χ2n) is 8.46. The van der Waals surface area contributed by atoms with Gasteiger partial charge >= 0.3 is 0 Å². The SMILES string of the molecule is CCOc1cccc(N2C(=O)C(=O)/C(=C(/O)c3ccc(Cl)c(Cl)c3)C2c2ccc(OC(C)C)cc2)c1. The Morgan fingerprint density at radius 1 is 0.972 bits per heavy atom. The normalized spacial score (nSPS) is 17.1. The highest BCUT2D eigenvalue weighted by Crippen LogP contribution is 2.43. The zero-order valence-electron chi connectivity index (χ0n) is 20.0. The molecule has 8 heteroatoms. The standard InChI is InChI=1S/C28H25Cl2NO5/c1-4-35-21-7-5-6-19(15-21)31-25(17-8-11-20(12-9-17)36-16(2)3)24(27(33)28(31)34)26(32)18-10-13-22(29)23(30)14-18/h5-16,25,32H,4H2,1-3H3/b26-24+. The van der Waals surface area contributed by atoms with E-state index >= 15 is 0 Å². The van der Waals surface area contributed by atoms with Crippen LogP contribution in [0, 0.1) is 0 Å². The van der Waals surface area contributed by atoms with Crippen LogP contribution < -0.4 is 14.4 Å². The van der Waals surface area contributed by atoms with Crippen LogP contribution in [0.15, 0.2) is 72.3 Å². The van der Waals surface area contributed by atoms with Crippen LogP contribution in [0.1, 0.15) is 37.9 Å². The quantitative estimate of drug-likeness (QED) is 0.208. The lowest BCUT2D eigenvalue weighted by Crippen LogP contribution is -2.29. The number of aliphatic hydroxyl groups is 1. The molecule has 0 aliphatic carbocycles. The van der Waals surface area contributed by atoms with E-state index in [1.807, 2.05) is 20.8 Å². The Bertz CT molecular complexity index is 1330. The summed E-state index contributed by atoms with van der Waals surface area (Å²) in [5.41, 5.74) is 1.30. The van der Waals surface area contributed by atoms with Gasteiger partial charge in [0.2, 0.25) is 0 Å². The number of anilines is 1. The number of carbonyl (C=O) groups excluding carboxylic acids is 2. The van der Waals surface area contributed by atoms with Gasteiger partial charge in [0.05, 0.1) is 34.4 Å². The van der Waals surface area contributed by atoms with Crippen molar-refractivity contribution in [2.24, 2.45) is 0 Å². The second kappa shape index (κ2) is 10.6. The number of amides is 1. The summed E-state index contributed by atoms with van der Waals surface area (Å²) in [7, 11) is 0. The molecular formula is C28H25Cl2NO5. The first kappa shape index (κ1) is 25.6. The molecule has 0 bridgehead atoms. The van der Waals surface area contributed by atoms with Gasteiger partial charge in [0.25, 0.3) is 11.7 Å². The Morgan fingerprint density at radius 2 is 1.69 bits per heavy atom. The third kappa shape index (κ3) is 5.06. The summed E-state index contributed by atoms with van der Waals surface area (Å²) < 4.78 is 11.3. The summed E-state index contributed by atoms with van der Waals surface area (Å²) in [4.78, 5) is 28.1. The first-order chi connectivity index (χ1) is 17.2. The van der Waals surface area contributed by atoms with Crippen LogP contribution in [0.2, 0.25) is 10.0 Å². The van der Waals surface area contributed by atoms with E-state index in [1.54, 1.807) is 54.6 Å². The average Bonchev–Trinajstić information content (AvgIpc) is 3.11. The molecule has 1 N–H and O–H groups in total. The molecule has 6 nitrogen and oxygen atoms in total. The minimum atomic E-state index is -0.899. The number of aliphatic hydroxyl groups excluding tert-OH is 1. The molecular weight excluding hydrogens is 501 g/mol. The largest absolute Gasteiger partial charge is 0.507 e. The van der Waals surface area contributed by atoms with E-state index in [2.05, 4.69) is 0 Å². The highest BCUT2D eigenvalue weighted by Gasteiger charge is 2.47. The van der Waals surface area contributed by atoms with E-state index in [4.69, 9.17) is 32.7 Å². The van der Waals surface area contributed by atoms with E-state index in [-0.39, 0.29) is 28.0 Å². The zero-order valence-corrected chi connectivity index (χ0v) is 21.5. The highest BCUT2D eigenvalue weighted by atomic mass is 35.5. The smallest absolute Gasteiger partial charge is 0.300 e. The van der Waals surface area contributed by atoms with Crippen LogP contribution in [0.25, 0.3) is 5.76 Å². The molecule has 1 aliphatic heterocycles. The Balaban J connectivity index is 1.89. The van der Waals surface area contributed by atoms with Gasteiger partial charge in [0.1, 0.15) is 17.3 Å². The van der Waals surface area contributed by atoms with E-state index in [0.717, 1.165) is 0 Å². The van der Waals surface area contributed by atoms with Gasteiger partial charge in [-0.15, -0.1) is 0 Å². The summed E-state index contributed by atoms with van der Waals surface area (Å²) in [5.74, 6) is -0.720. The molecule has 0 spiro atoms. The molecule has 0 radical (unpaired) electrons. The van der Waals surface area contributed by atoms with Crippen molar-refractivity contribution in [1.29, 1.82) is 0 Å². The third-order valence-electron chi connectivity index (χ3n) is 5.61. The lowest BCUT2D eigenvalue weighted by atomic mass is 9.95. The van der Waals surface area contributed by atoms with Crippen molar-refractivity contribution in [2.45, 2.75) is 32.9 Å². The van der Waals surface area contributed by atoms with E-state index in [9.17, 15) is 14.7 Å². The van der Waals surface area contributed by atoms with Gasteiger partial charge in [0, 0.05) is 17.3 Å². The summed E-state index contributed by atoms with van der Waals surface area (Å²) in [6.07, 6.45) is -0.0163. The lowest BCUT2D eigenvalue weighted by molar-refractivity contribution is -0.132. The molecule has 1 unspecified atom stereocenters. The number of hydrogen-bond acceptors (Lipinski definition) is 5. The Kier molecular flexibility index (Phi) is 7.57. The zero-order chi connectivity index (χ0) is 26.0. The molecule has 1 fully saturated rings. The van der Waals surface area contributed by atoms with E-state index in [1.165, 1.54) is 17.0 Å². The van der Waals surface area contributed by atoms with Crippen LogP contribution in [0.5, 0.6) is 11.5 Å². The Hall–Kier alpha value is -3.48. The van der Waals surface area contributed by atoms with Crippen molar-refractivity contribution in [3.63, 3.8) is 0 Å². The average molecular weight is 526 g/mol. The number of hydrogen-bond donors (Lipinski definition) is 1. The number of ether oxygens (including phenoxy) is 2. The first-order valence-electron chi connectivity index (χ1n) is 11.5. The van der Waals surface area contributed by atoms with Crippen molar-refractivity contribution < 1.29 is 24.2 Å². The lowest BCUT2D eigenvalue weighted by Gasteiger charge is -2.26. The van der Waals surface area contributed by atoms with Crippen LogP contribution in [0.3, 0.4) is 0 Å². The molecule has 1 aliphatic rings. The summed E-state index contributed by atoms with van der Waals surface area (Å²) in [5, 5.41) is 11.8. The molecule has 3 aromatic rings. The van der Waals surface area contributed by atoms with Gasteiger partial charge in [0.15, 0.2) is 0 Å². The Labute approximate surface area is 219 Å². The molecule has 1 amide bonds. The first-order valence-corrected chi connectivity index (χ1v) is 12.2. The third-order valence-corrected chi connectivity index (χ3v) is 6.35. The molecule has 36 heavy (non-hydrogen) atoms. The van der Waals surface area contributed by atoms with Gasteiger partial charge in [-0.3, -0.25) is 14.5 Å². The summed E-state index contributed by atoms with van der Waals surface area (Å²) in [6.45, 7) is 6.15. The molecule has 1 atom stereocenters. The number of benzene rings is 3. The van der Waals surface area contributed by atoms with Crippen molar-refractivity contribution in [3.05, 3.63) is 93.5 Å². The predicted octanol–water partition coefficient (Wildman–Crippen LogP) is 6.81. The fourth-order valence-electron chi connectivity index (χ4n) is 4.10. The van der Waals surface area contributed by atoms with Gasteiger partial charge in [-0.2, -0.15) is 0 Å². The monoisotopic (exact) mass is 525 g/mol. The fourth-order valence-corrected chi connectivity index (χ4v) is 4.40. The molecule has 3 aromatic carbocycles. The minimum absolute atomic E-state index is 0.0163. The predicted molar refractivity (Wildman–Crippen MR) is 141 cm³/mol. The van der Waals surface area contributed by atoms with Crippen LogP contribution >= 0.6 is 23.2 Å². The number of ketones is 1. The summed E-state index contributed by atoms with van der Waals surface area (Å²) >= 11 is 12.2. The molecule has 4 rings (SSSR count). The molecule has 1 heterocycles. The van der Waals surface area contributed by atoms with Crippen molar-refractivity contribution in [1.82, 2.24) is 0 Å². The second-order valence-corrected chi connectivity index (χ2v) is 9.28. The van der Waals surface area contributed by atoms with Gasteiger partial charge in [-0.25, -0.2) is 0 Å². The maximum atomic E-state index is 13.4. The number of rotatable bonds is 7. The van der Waals surface area contributed by atoms with Crippen LogP contribution in [0.4, 0.5) is 5.69 Å². The van der Waals surface area contributed by atoms with E-state index < -0.39 is 17.7 Å². The number of nitrogens with zero attached hydrogens (tertiary/aromatic N) is 1. The van der Waals surface area contributed by atoms with Crippen LogP contribution in [-0.4, -0.2) is 29.5 Å². The maximum Gasteiger partial charge on any atom is 0.300 e. The van der Waals surface area contributed by atoms with Crippen molar-refractivity contribution in [2.75, 3.05) is 11.5 Å². The summed E-state index contributed by atoms with van der Waals surface area (Å²) in [6, 6.07) is 17.6. The van der Waals surface area contributed by atoms with Crippen molar-refractivity contribution >= 4 is 46.3 Å². The number of halogens is 2. The van der Waals surface area contributed by atoms with Crippen LogP contribution in [-0.2, 0) is 9.59 Å². The molecule has 0 saturated carbocycles. The molecule has 1 saturated heterocycles. The maximum absolute atomic E-state index is 13.4. The van der Waals surface area contributed by atoms with Gasteiger partial charge in [-0.1, -0.05) is 41.4 Å². The highest BCUT2D eigenvalue weighted by molar-refractivity contribution is 6.51. The molecule has 186 valence electrons. The Morgan fingerprint density at radius 3 is 2.33 bits per heavy atom.